The molecule has 1 aliphatic rings. The number of amides is 1. The highest BCUT2D eigenvalue weighted by Gasteiger charge is 2.13. The van der Waals surface area contributed by atoms with E-state index in [1.807, 2.05) is 4.90 Å². The smallest absolute Gasteiger partial charge is 0.249 e. The summed E-state index contributed by atoms with van der Waals surface area (Å²) in [4.78, 5) is 13.7. The molecule has 0 saturated carbocycles. The molecule has 19 heavy (non-hydrogen) atoms. The molecule has 110 valence electrons. The van der Waals surface area contributed by atoms with Gasteiger partial charge in [0.15, 0.2) is 0 Å². The predicted octanol–water partition coefficient (Wildman–Crippen LogP) is 3.89. The molecule has 0 unspecified atom stereocenters. The molecule has 0 bridgehead atoms. The zero-order chi connectivity index (χ0) is 13.8. The molecule has 1 amide bonds. The summed E-state index contributed by atoms with van der Waals surface area (Å²) in [5.74, 6) is 0.0997. The minimum absolute atomic E-state index is 0.0997. The standard InChI is InChI=1S/C16H29NO2/c1-2-3-4-5-6-10-14-19-15-11-16(18)17-12-8-7-9-13-17/h11,15H,2-10,12-14H2,1H3/b15-11+. The van der Waals surface area contributed by atoms with Crippen molar-refractivity contribution in [2.45, 2.75) is 64.7 Å². The van der Waals surface area contributed by atoms with Gasteiger partial charge in [-0.25, -0.2) is 0 Å². The SMILES string of the molecule is CCCCCCCCO/C=C/C(=O)N1CCCCC1. The van der Waals surface area contributed by atoms with Gasteiger partial charge in [-0.3, -0.25) is 4.79 Å². The summed E-state index contributed by atoms with van der Waals surface area (Å²) in [7, 11) is 0. The Kier molecular flexibility index (Phi) is 9.21. The van der Waals surface area contributed by atoms with Crippen molar-refractivity contribution in [3.05, 3.63) is 12.3 Å². The predicted molar refractivity (Wildman–Crippen MR) is 78.9 cm³/mol. The zero-order valence-electron chi connectivity index (χ0n) is 12.4. The second kappa shape index (κ2) is 10.9. The Labute approximate surface area is 118 Å². The van der Waals surface area contributed by atoms with Crippen LogP contribution >= 0.6 is 0 Å². The maximum atomic E-state index is 11.8. The third kappa shape index (κ3) is 7.91. The molecule has 0 spiro atoms. The van der Waals surface area contributed by atoms with Crippen LogP contribution in [0.4, 0.5) is 0 Å². The lowest BCUT2D eigenvalue weighted by atomic mass is 10.1. The number of hydrogen-bond donors (Lipinski definition) is 0. The highest BCUT2D eigenvalue weighted by Crippen LogP contribution is 2.09. The topological polar surface area (TPSA) is 29.5 Å². The van der Waals surface area contributed by atoms with E-state index in [1.54, 1.807) is 12.3 Å². The molecule has 1 aliphatic heterocycles. The molecule has 0 aromatic rings. The van der Waals surface area contributed by atoms with Gasteiger partial charge in [-0.15, -0.1) is 0 Å². The van der Waals surface area contributed by atoms with Crippen molar-refractivity contribution in [2.24, 2.45) is 0 Å². The summed E-state index contributed by atoms with van der Waals surface area (Å²) < 4.78 is 5.37. The van der Waals surface area contributed by atoms with Gasteiger partial charge in [0.2, 0.25) is 5.91 Å². The summed E-state index contributed by atoms with van der Waals surface area (Å²) in [5.41, 5.74) is 0. The van der Waals surface area contributed by atoms with Gasteiger partial charge in [-0.2, -0.15) is 0 Å². The quantitative estimate of drug-likeness (QED) is 0.360. The first-order chi connectivity index (χ1) is 9.34. The van der Waals surface area contributed by atoms with Gasteiger partial charge in [0.05, 0.1) is 12.9 Å². The van der Waals surface area contributed by atoms with Crippen molar-refractivity contribution in [1.29, 1.82) is 0 Å². The Morgan fingerprint density at radius 3 is 2.47 bits per heavy atom. The van der Waals surface area contributed by atoms with Crippen LogP contribution < -0.4 is 0 Å². The number of piperidine rings is 1. The summed E-state index contributed by atoms with van der Waals surface area (Å²) in [6, 6.07) is 0. The van der Waals surface area contributed by atoms with Crippen LogP contribution in [-0.2, 0) is 9.53 Å². The molecule has 0 radical (unpaired) electrons. The van der Waals surface area contributed by atoms with Gasteiger partial charge in [-0.1, -0.05) is 39.0 Å². The third-order valence-corrected chi connectivity index (χ3v) is 3.59. The molecule has 1 heterocycles. The van der Waals surface area contributed by atoms with Crippen molar-refractivity contribution in [3.8, 4) is 0 Å². The van der Waals surface area contributed by atoms with Gasteiger partial charge in [-0.05, 0) is 25.7 Å². The van der Waals surface area contributed by atoms with Crippen LogP contribution in [0.15, 0.2) is 12.3 Å². The molecule has 1 rings (SSSR count). The lowest BCUT2D eigenvalue weighted by Crippen LogP contribution is -2.34. The monoisotopic (exact) mass is 267 g/mol. The van der Waals surface area contributed by atoms with E-state index in [0.29, 0.717) is 0 Å². The number of ether oxygens (including phenoxy) is 1. The van der Waals surface area contributed by atoms with E-state index in [0.717, 1.165) is 39.0 Å². The second-order valence-corrected chi connectivity index (χ2v) is 5.33. The fraction of sp³-hybridized carbons (Fsp3) is 0.812. The summed E-state index contributed by atoms with van der Waals surface area (Å²) >= 11 is 0. The van der Waals surface area contributed by atoms with Crippen LogP contribution in [0.2, 0.25) is 0 Å². The Balaban J connectivity index is 1.95. The number of likely N-dealkylation sites (tertiary alicyclic amines) is 1. The Morgan fingerprint density at radius 1 is 1.05 bits per heavy atom. The molecule has 0 N–H and O–H groups in total. The lowest BCUT2D eigenvalue weighted by molar-refractivity contribution is -0.127. The first kappa shape index (κ1) is 16.1. The Morgan fingerprint density at radius 2 is 1.74 bits per heavy atom. The van der Waals surface area contributed by atoms with Crippen LogP contribution in [0.3, 0.4) is 0 Å². The minimum Gasteiger partial charge on any atom is -0.501 e. The van der Waals surface area contributed by atoms with E-state index in [2.05, 4.69) is 6.92 Å². The fourth-order valence-electron chi connectivity index (χ4n) is 2.36. The van der Waals surface area contributed by atoms with Crippen molar-refractivity contribution in [3.63, 3.8) is 0 Å². The van der Waals surface area contributed by atoms with Gasteiger partial charge in [0.25, 0.3) is 0 Å². The van der Waals surface area contributed by atoms with Crippen LogP contribution in [0.5, 0.6) is 0 Å². The number of nitrogens with zero attached hydrogens (tertiary/aromatic N) is 1. The largest absolute Gasteiger partial charge is 0.501 e. The van der Waals surface area contributed by atoms with Crippen LogP contribution in [-0.4, -0.2) is 30.5 Å². The lowest BCUT2D eigenvalue weighted by Gasteiger charge is -2.25. The van der Waals surface area contributed by atoms with Crippen LogP contribution in [0.25, 0.3) is 0 Å². The van der Waals surface area contributed by atoms with Gasteiger partial charge in [0.1, 0.15) is 0 Å². The van der Waals surface area contributed by atoms with Crippen molar-refractivity contribution >= 4 is 5.91 Å². The summed E-state index contributed by atoms with van der Waals surface area (Å²) in [6.07, 6.45) is 14.3. The molecule has 3 nitrogen and oxygen atoms in total. The average Bonchev–Trinajstić information content (AvgIpc) is 2.46. The number of unbranched alkanes of at least 4 members (excludes halogenated alkanes) is 5. The highest BCUT2D eigenvalue weighted by molar-refractivity contribution is 5.87. The molecule has 0 aromatic heterocycles. The number of carbonyl (C=O) groups is 1. The first-order valence-corrected chi connectivity index (χ1v) is 7.91. The molecular formula is C16H29NO2. The van der Waals surface area contributed by atoms with E-state index >= 15 is 0 Å². The second-order valence-electron chi connectivity index (χ2n) is 5.33. The van der Waals surface area contributed by atoms with Crippen molar-refractivity contribution in [1.82, 2.24) is 4.90 Å². The van der Waals surface area contributed by atoms with E-state index < -0.39 is 0 Å². The molecule has 3 heteroatoms. The molecule has 0 atom stereocenters. The first-order valence-electron chi connectivity index (χ1n) is 7.91. The molecular weight excluding hydrogens is 238 g/mol. The van der Waals surface area contributed by atoms with Gasteiger partial charge < -0.3 is 9.64 Å². The fourth-order valence-corrected chi connectivity index (χ4v) is 2.36. The minimum atomic E-state index is 0.0997. The zero-order valence-corrected chi connectivity index (χ0v) is 12.4. The van der Waals surface area contributed by atoms with Crippen molar-refractivity contribution in [2.75, 3.05) is 19.7 Å². The summed E-state index contributed by atoms with van der Waals surface area (Å²) in [6.45, 7) is 4.77. The van der Waals surface area contributed by atoms with E-state index in [9.17, 15) is 4.79 Å². The van der Waals surface area contributed by atoms with E-state index in [1.165, 1.54) is 38.5 Å². The molecule has 1 fully saturated rings. The maximum absolute atomic E-state index is 11.8. The van der Waals surface area contributed by atoms with E-state index in [4.69, 9.17) is 4.74 Å². The molecule has 0 aromatic carbocycles. The third-order valence-electron chi connectivity index (χ3n) is 3.59. The van der Waals surface area contributed by atoms with E-state index in [-0.39, 0.29) is 5.91 Å². The maximum Gasteiger partial charge on any atom is 0.249 e. The Bertz CT molecular complexity index is 257. The number of rotatable bonds is 9. The van der Waals surface area contributed by atoms with Crippen molar-refractivity contribution < 1.29 is 9.53 Å². The number of hydrogen-bond acceptors (Lipinski definition) is 2. The molecule has 0 aliphatic carbocycles. The molecule has 1 saturated heterocycles. The number of carbonyl (C=O) groups excluding carboxylic acids is 1. The Hall–Kier alpha value is -0.990. The average molecular weight is 267 g/mol. The summed E-state index contributed by atoms with van der Waals surface area (Å²) in [5, 5.41) is 0. The highest BCUT2D eigenvalue weighted by atomic mass is 16.5. The normalized spacial score (nSPS) is 15.9. The van der Waals surface area contributed by atoms with Crippen LogP contribution in [0.1, 0.15) is 64.7 Å². The van der Waals surface area contributed by atoms with Gasteiger partial charge >= 0.3 is 0 Å². The van der Waals surface area contributed by atoms with Gasteiger partial charge in [0, 0.05) is 19.2 Å². The van der Waals surface area contributed by atoms with Crippen LogP contribution in [0, 0.1) is 0 Å².